The van der Waals surface area contributed by atoms with E-state index in [0.29, 0.717) is 0 Å². The Morgan fingerprint density at radius 1 is 1.22 bits per heavy atom. The van der Waals surface area contributed by atoms with Gasteiger partial charge in [0, 0.05) is 13.1 Å². The minimum Gasteiger partial charge on any atom is -0.377 e. The highest BCUT2D eigenvalue weighted by Gasteiger charge is 2.05. The molecule has 1 aliphatic heterocycles. The van der Waals surface area contributed by atoms with Crippen LogP contribution in [0, 0.1) is 0 Å². The Morgan fingerprint density at radius 3 is 2.22 bits per heavy atom. The van der Waals surface area contributed by atoms with Crippen molar-refractivity contribution < 1.29 is 0 Å². The Hall–Kier alpha value is -0.460. The monoisotopic (exact) mass is 125 g/mol. The molecule has 1 rings (SSSR count). The second-order valence-electron chi connectivity index (χ2n) is 2.95. The summed E-state index contributed by atoms with van der Waals surface area (Å²) >= 11 is 0. The Kier molecular flexibility index (Phi) is 2.15. The lowest BCUT2D eigenvalue weighted by atomic mass is 10.4. The number of hydrogen-bond acceptors (Lipinski definition) is 1. The molecular formula is C8H15N. The van der Waals surface area contributed by atoms with Gasteiger partial charge in [0.1, 0.15) is 0 Å². The summed E-state index contributed by atoms with van der Waals surface area (Å²) in [4.78, 5) is 2.40. The van der Waals surface area contributed by atoms with Gasteiger partial charge in [0.15, 0.2) is 0 Å². The Bertz CT molecular complexity index is 106. The molecule has 9 heavy (non-hydrogen) atoms. The highest BCUT2D eigenvalue weighted by molar-refractivity contribution is 4.93. The molecule has 0 aromatic carbocycles. The third-order valence-corrected chi connectivity index (χ3v) is 1.58. The third-order valence-electron chi connectivity index (χ3n) is 1.58. The van der Waals surface area contributed by atoms with Crippen molar-refractivity contribution in [2.75, 3.05) is 13.1 Å². The highest BCUT2D eigenvalue weighted by atomic mass is 15.1. The maximum atomic E-state index is 2.40. The van der Waals surface area contributed by atoms with Crippen molar-refractivity contribution >= 4 is 0 Å². The molecule has 0 amide bonds. The van der Waals surface area contributed by atoms with Crippen LogP contribution in [-0.4, -0.2) is 18.0 Å². The van der Waals surface area contributed by atoms with Gasteiger partial charge in [-0.2, -0.15) is 0 Å². The first-order valence-electron chi connectivity index (χ1n) is 3.68. The fourth-order valence-electron chi connectivity index (χ4n) is 1.24. The van der Waals surface area contributed by atoms with Crippen molar-refractivity contribution in [3.63, 3.8) is 0 Å². The second-order valence-corrected chi connectivity index (χ2v) is 2.95. The first kappa shape index (κ1) is 6.66. The molecule has 0 saturated carbocycles. The maximum Gasteiger partial charge on any atom is 0.0173 e. The molecule has 0 N–H and O–H groups in total. The van der Waals surface area contributed by atoms with E-state index < -0.39 is 0 Å². The molecule has 0 unspecified atom stereocenters. The molecule has 1 aliphatic rings. The van der Waals surface area contributed by atoms with Crippen molar-refractivity contribution in [1.29, 1.82) is 0 Å². The lowest BCUT2D eigenvalue weighted by Gasteiger charge is -2.10. The van der Waals surface area contributed by atoms with E-state index in [1.807, 2.05) is 0 Å². The SMILES string of the molecule is CC(C)=CN1CCCC1. The molecule has 1 heteroatoms. The number of nitrogens with zero attached hydrogens (tertiary/aromatic N) is 1. The van der Waals surface area contributed by atoms with Gasteiger partial charge in [-0.05, 0) is 32.9 Å². The fourth-order valence-corrected chi connectivity index (χ4v) is 1.24. The van der Waals surface area contributed by atoms with E-state index in [-0.39, 0.29) is 0 Å². The Morgan fingerprint density at radius 2 is 1.78 bits per heavy atom. The topological polar surface area (TPSA) is 3.24 Å². The Labute approximate surface area is 57.4 Å². The van der Waals surface area contributed by atoms with Crippen LogP contribution in [-0.2, 0) is 0 Å². The molecule has 1 heterocycles. The smallest absolute Gasteiger partial charge is 0.0173 e. The molecule has 0 aromatic heterocycles. The first-order valence-corrected chi connectivity index (χ1v) is 3.68. The minimum absolute atomic E-state index is 1.27. The van der Waals surface area contributed by atoms with Gasteiger partial charge in [0.25, 0.3) is 0 Å². The average molecular weight is 125 g/mol. The summed E-state index contributed by atoms with van der Waals surface area (Å²) in [5.41, 5.74) is 1.41. The maximum absolute atomic E-state index is 2.40. The molecular weight excluding hydrogens is 110 g/mol. The van der Waals surface area contributed by atoms with Crippen molar-refractivity contribution in [1.82, 2.24) is 4.90 Å². The molecule has 0 atom stereocenters. The number of rotatable bonds is 1. The van der Waals surface area contributed by atoms with Crippen molar-refractivity contribution in [2.24, 2.45) is 0 Å². The van der Waals surface area contributed by atoms with E-state index in [2.05, 4.69) is 24.9 Å². The minimum atomic E-state index is 1.27. The summed E-state index contributed by atoms with van der Waals surface area (Å²) in [5.74, 6) is 0. The van der Waals surface area contributed by atoms with Crippen LogP contribution in [0.25, 0.3) is 0 Å². The molecule has 0 aliphatic carbocycles. The van der Waals surface area contributed by atoms with Crippen LogP contribution in [0.2, 0.25) is 0 Å². The van der Waals surface area contributed by atoms with E-state index in [9.17, 15) is 0 Å². The average Bonchev–Trinajstić information content (AvgIpc) is 2.15. The largest absolute Gasteiger partial charge is 0.377 e. The Balaban J connectivity index is 2.35. The quantitative estimate of drug-likeness (QED) is 0.518. The lowest BCUT2D eigenvalue weighted by molar-refractivity contribution is 0.464. The van der Waals surface area contributed by atoms with Crippen molar-refractivity contribution in [3.05, 3.63) is 11.8 Å². The van der Waals surface area contributed by atoms with Gasteiger partial charge in [-0.3, -0.25) is 0 Å². The van der Waals surface area contributed by atoms with Gasteiger partial charge in [-0.15, -0.1) is 0 Å². The predicted octanol–water partition coefficient (Wildman–Crippen LogP) is 2.01. The van der Waals surface area contributed by atoms with E-state index in [4.69, 9.17) is 0 Å². The van der Waals surface area contributed by atoms with Crippen molar-refractivity contribution in [3.8, 4) is 0 Å². The van der Waals surface area contributed by atoms with Crippen LogP contribution in [0.5, 0.6) is 0 Å². The van der Waals surface area contributed by atoms with Crippen LogP contribution >= 0.6 is 0 Å². The summed E-state index contributed by atoms with van der Waals surface area (Å²) < 4.78 is 0. The molecule has 0 radical (unpaired) electrons. The lowest BCUT2D eigenvalue weighted by Crippen LogP contribution is -2.10. The van der Waals surface area contributed by atoms with Crippen molar-refractivity contribution in [2.45, 2.75) is 26.7 Å². The fraction of sp³-hybridized carbons (Fsp3) is 0.750. The van der Waals surface area contributed by atoms with Gasteiger partial charge >= 0.3 is 0 Å². The van der Waals surface area contributed by atoms with Gasteiger partial charge in [0.2, 0.25) is 0 Å². The van der Waals surface area contributed by atoms with E-state index in [0.717, 1.165) is 0 Å². The highest BCUT2D eigenvalue weighted by Crippen LogP contribution is 2.08. The zero-order chi connectivity index (χ0) is 6.69. The number of allylic oxidation sites excluding steroid dienone is 1. The van der Waals surface area contributed by atoms with E-state index in [1.54, 1.807) is 0 Å². The number of hydrogen-bond donors (Lipinski definition) is 0. The molecule has 0 spiro atoms. The zero-order valence-corrected chi connectivity index (χ0v) is 6.35. The predicted molar refractivity (Wildman–Crippen MR) is 40.2 cm³/mol. The molecule has 1 saturated heterocycles. The van der Waals surface area contributed by atoms with Crippen LogP contribution in [0.1, 0.15) is 26.7 Å². The molecule has 52 valence electrons. The van der Waals surface area contributed by atoms with Crippen LogP contribution in [0.3, 0.4) is 0 Å². The first-order chi connectivity index (χ1) is 4.29. The third kappa shape index (κ3) is 2.08. The summed E-state index contributed by atoms with van der Waals surface area (Å²) in [7, 11) is 0. The summed E-state index contributed by atoms with van der Waals surface area (Å²) in [6.07, 6.45) is 5.01. The summed E-state index contributed by atoms with van der Waals surface area (Å²) in [6, 6.07) is 0. The zero-order valence-electron chi connectivity index (χ0n) is 6.35. The standard InChI is InChI=1S/C8H15N/c1-8(2)7-9-5-3-4-6-9/h7H,3-6H2,1-2H3. The van der Waals surface area contributed by atoms with Crippen LogP contribution in [0.4, 0.5) is 0 Å². The van der Waals surface area contributed by atoms with Crippen LogP contribution < -0.4 is 0 Å². The molecule has 0 bridgehead atoms. The number of likely N-dealkylation sites (tertiary alicyclic amines) is 1. The summed E-state index contributed by atoms with van der Waals surface area (Å²) in [5, 5.41) is 0. The van der Waals surface area contributed by atoms with Gasteiger partial charge in [-0.25, -0.2) is 0 Å². The van der Waals surface area contributed by atoms with Gasteiger partial charge in [-0.1, -0.05) is 5.57 Å². The summed E-state index contributed by atoms with van der Waals surface area (Å²) in [6.45, 7) is 6.84. The van der Waals surface area contributed by atoms with E-state index >= 15 is 0 Å². The van der Waals surface area contributed by atoms with Crippen LogP contribution in [0.15, 0.2) is 11.8 Å². The molecule has 1 nitrogen and oxygen atoms in total. The molecule has 0 aromatic rings. The van der Waals surface area contributed by atoms with Gasteiger partial charge in [0.05, 0.1) is 0 Å². The normalized spacial score (nSPS) is 18.2. The van der Waals surface area contributed by atoms with Gasteiger partial charge < -0.3 is 4.90 Å². The molecule has 1 fully saturated rings. The second kappa shape index (κ2) is 2.90. The van der Waals surface area contributed by atoms with E-state index in [1.165, 1.54) is 31.5 Å².